The molecule has 0 amide bonds. The van der Waals surface area contributed by atoms with Gasteiger partial charge in [-0.1, -0.05) is 0 Å². The van der Waals surface area contributed by atoms with Gasteiger partial charge in [-0.15, -0.1) is 0 Å². The van der Waals surface area contributed by atoms with Gasteiger partial charge in [0.1, 0.15) is 0 Å². The van der Waals surface area contributed by atoms with Gasteiger partial charge in [0.25, 0.3) is 5.69 Å². The number of nitrogens with zero attached hydrogens (tertiary/aromatic N) is 2. The first-order valence-corrected chi connectivity index (χ1v) is 5.45. The van der Waals surface area contributed by atoms with E-state index in [1.807, 2.05) is 6.07 Å². The molecule has 5 heteroatoms. The van der Waals surface area contributed by atoms with Crippen molar-refractivity contribution < 1.29 is 4.92 Å². The van der Waals surface area contributed by atoms with Crippen molar-refractivity contribution in [1.82, 2.24) is 5.32 Å². The average molecular weight is 221 g/mol. The van der Waals surface area contributed by atoms with Crippen LogP contribution in [0.5, 0.6) is 0 Å². The van der Waals surface area contributed by atoms with E-state index in [2.05, 4.69) is 17.1 Å². The summed E-state index contributed by atoms with van der Waals surface area (Å²) in [6.45, 7) is 5.52. The van der Waals surface area contributed by atoms with Gasteiger partial charge in [0, 0.05) is 44.0 Å². The summed E-state index contributed by atoms with van der Waals surface area (Å²) in [4.78, 5) is 12.6. The van der Waals surface area contributed by atoms with Crippen molar-refractivity contribution in [2.45, 2.75) is 13.5 Å². The monoisotopic (exact) mass is 221 g/mol. The van der Waals surface area contributed by atoms with Gasteiger partial charge >= 0.3 is 0 Å². The van der Waals surface area contributed by atoms with E-state index in [1.165, 1.54) is 0 Å². The number of nitro groups is 1. The molecular weight excluding hydrogens is 206 g/mol. The summed E-state index contributed by atoms with van der Waals surface area (Å²) in [6.07, 6.45) is 0. The van der Waals surface area contributed by atoms with Crippen LogP contribution in [-0.4, -0.2) is 24.6 Å². The zero-order chi connectivity index (χ0) is 11.5. The first kappa shape index (κ1) is 10.9. The maximum atomic E-state index is 10.7. The predicted octanol–water partition coefficient (Wildman–Crippen LogP) is 1.52. The molecule has 1 aliphatic heterocycles. The Morgan fingerprint density at radius 3 is 3.06 bits per heavy atom. The number of anilines is 1. The highest BCUT2D eigenvalue weighted by Gasteiger charge is 2.17. The summed E-state index contributed by atoms with van der Waals surface area (Å²) in [5, 5.41) is 14.0. The van der Waals surface area contributed by atoms with Gasteiger partial charge in [-0.3, -0.25) is 10.1 Å². The van der Waals surface area contributed by atoms with Crippen LogP contribution in [0.2, 0.25) is 0 Å². The molecule has 0 saturated heterocycles. The van der Waals surface area contributed by atoms with E-state index < -0.39 is 0 Å². The SMILES string of the molecule is CCN1CCNCc2ccc([N+](=O)[O-])cc21. The van der Waals surface area contributed by atoms with Crippen molar-refractivity contribution in [3.63, 3.8) is 0 Å². The molecule has 0 spiro atoms. The molecule has 86 valence electrons. The van der Waals surface area contributed by atoms with Crippen LogP contribution < -0.4 is 10.2 Å². The average Bonchev–Trinajstić information content (AvgIpc) is 2.49. The maximum absolute atomic E-state index is 10.7. The molecule has 0 atom stereocenters. The summed E-state index contributed by atoms with van der Waals surface area (Å²) in [5.74, 6) is 0. The van der Waals surface area contributed by atoms with E-state index in [4.69, 9.17) is 0 Å². The summed E-state index contributed by atoms with van der Waals surface area (Å²) in [5.41, 5.74) is 2.28. The molecule has 1 aromatic carbocycles. The zero-order valence-corrected chi connectivity index (χ0v) is 9.27. The van der Waals surface area contributed by atoms with Crippen molar-refractivity contribution in [2.75, 3.05) is 24.5 Å². The number of nitrogens with one attached hydrogen (secondary N) is 1. The number of hydrogen-bond donors (Lipinski definition) is 1. The number of hydrogen-bond acceptors (Lipinski definition) is 4. The van der Waals surface area contributed by atoms with Gasteiger partial charge in [0.2, 0.25) is 0 Å². The smallest absolute Gasteiger partial charge is 0.271 e. The van der Waals surface area contributed by atoms with Crippen molar-refractivity contribution in [3.8, 4) is 0 Å². The molecule has 0 aliphatic carbocycles. The second kappa shape index (κ2) is 4.49. The van der Waals surface area contributed by atoms with E-state index in [0.29, 0.717) is 0 Å². The van der Waals surface area contributed by atoms with Gasteiger partial charge in [-0.25, -0.2) is 0 Å². The molecule has 2 rings (SSSR count). The second-order valence-electron chi connectivity index (χ2n) is 3.83. The van der Waals surface area contributed by atoms with Crippen molar-refractivity contribution in [1.29, 1.82) is 0 Å². The van der Waals surface area contributed by atoms with Crippen molar-refractivity contribution >= 4 is 11.4 Å². The zero-order valence-electron chi connectivity index (χ0n) is 9.27. The summed E-state index contributed by atoms with van der Waals surface area (Å²) in [6, 6.07) is 5.08. The Bertz CT molecular complexity index is 406. The Morgan fingerprint density at radius 1 is 1.56 bits per heavy atom. The predicted molar refractivity (Wildman–Crippen MR) is 62.7 cm³/mol. The largest absolute Gasteiger partial charge is 0.370 e. The number of likely N-dealkylation sites (N-methyl/N-ethyl adjacent to an activating group) is 1. The first-order valence-electron chi connectivity index (χ1n) is 5.45. The lowest BCUT2D eigenvalue weighted by atomic mass is 10.1. The van der Waals surface area contributed by atoms with Crippen LogP contribution in [0.15, 0.2) is 18.2 Å². The third kappa shape index (κ3) is 1.99. The Labute approximate surface area is 94.2 Å². The minimum Gasteiger partial charge on any atom is -0.370 e. The lowest BCUT2D eigenvalue weighted by molar-refractivity contribution is -0.384. The molecule has 1 aromatic rings. The summed E-state index contributed by atoms with van der Waals surface area (Å²) < 4.78 is 0. The number of non-ortho nitro benzene ring substituents is 1. The highest BCUT2D eigenvalue weighted by molar-refractivity contribution is 5.59. The number of benzene rings is 1. The van der Waals surface area contributed by atoms with Crippen LogP contribution in [0.3, 0.4) is 0 Å². The summed E-state index contributed by atoms with van der Waals surface area (Å²) >= 11 is 0. The van der Waals surface area contributed by atoms with Crippen LogP contribution in [0.4, 0.5) is 11.4 Å². The molecular formula is C11H15N3O2. The molecule has 0 fully saturated rings. The molecule has 1 heterocycles. The van der Waals surface area contributed by atoms with E-state index in [0.717, 1.165) is 37.4 Å². The molecule has 0 unspecified atom stereocenters. The lowest BCUT2D eigenvalue weighted by Gasteiger charge is -2.22. The van der Waals surface area contributed by atoms with Crippen molar-refractivity contribution in [3.05, 3.63) is 33.9 Å². The first-order chi connectivity index (χ1) is 7.72. The molecule has 0 saturated carbocycles. The summed E-state index contributed by atoms with van der Waals surface area (Å²) in [7, 11) is 0. The topological polar surface area (TPSA) is 58.4 Å². The number of fused-ring (bicyclic) bond motifs is 1. The fourth-order valence-corrected chi connectivity index (χ4v) is 2.00. The van der Waals surface area contributed by atoms with Crippen LogP contribution in [0.1, 0.15) is 12.5 Å². The normalized spacial score (nSPS) is 15.4. The van der Waals surface area contributed by atoms with Crippen LogP contribution >= 0.6 is 0 Å². The highest BCUT2D eigenvalue weighted by atomic mass is 16.6. The number of rotatable bonds is 2. The molecule has 0 bridgehead atoms. The Hall–Kier alpha value is -1.62. The molecule has 5 nitrogen and oxygen atoms in total. The van der Waals surface area contributed by atoms with Gasteiger partial charge in [0.15, 0.2) is 0 Å². The number of nitro benzene ring substituents is 1. The van der Waals surface area contributed by atoms with E-state index >= 15 is 0 Å². The minimum absolute atomic E-state index is 0.166. The second-order valence-corrected chi connectivity index (χ2v) is 3.83. The Kier molecular flexibility index (Phi) is 3.05. The third-order valence-corrected chi connectivity index (χ3v) is 2.88. The molecule has 0 radical (unpaired) electrons. The molecule has 1 aliphatic rings. The van der Waals surface area contributed by atoms with E-state index in [-0.39, 0.29) is 10.6 Å². The van der Waals surface area contributed by atoms with Crippen LogP contribution in [-0.2, 0) is 6.54 Å². The van der Waals surface area contributed by atoms with E-state index in [1.54, 1.807) is 12.1 Å². The van der Waals surface area contributed by atoms with Gasteiger partial charge in [0.05, 0.1) is 4.92 Å². The lowest BCUT2D eigenvalue weighted by Crippen LogP contribution is -2.28. The Morgan fingerprint density at radius 2 is 2.38 bits per heavy atom. The molecule has 1 N–H and O–H groups in total. The third-order valence-electron chi connectivity index (χ3n) is 2.88. The fraction of sp³-hybridized carbons (Fsp3) is 0.455. The van der Waals surface area contributed by atoms with Crippen LogP contribution in [0.25, 0.3) is 0 Å². The maximum Gasteiger partial charge on any atom is 0.271 e. The minimum atomic E-state index is -0.341. The van der Waals surface area contributed by atoms with Crippen molar-refractivity contribution in [2.24, 2.45) is 0 Å². The van der Waals surface area contributed by atoms with Gasteiger partial charge in [-0.2, -0.15) is 0 Å². The standard InChI is InChI=1S/C11H15N3O2/c1-2-13-6-5-12-8-9-3-4-10(14(15)16)7-11(9)13/h3-4,7,12H,2,5-6,8H2,1H3. The Balaban J connectivity index is 2.43. The fourth-order valence-electron chi connectivity index (χ4n) is 2.00. The highest BCUT2D eigenvalue weighted by Crippen LogP contribution is 2.27. The van der Waals surface area contributed by atoms with Crippen LogP contribution in [0, 0.1) is 10.1 Å². The molecule has 0 aromatic heterocycles. The van der Waals surface area contributed by atoms with E-state index in [9.17, 15) is 10.1 Å². The molecule has 16 heavy (non-hydrogen) atoms. The van der Waals surface area contributed by atoms with Gasteiger partial charge in [-0.05, 0) is 18.6 Å². The van der Waals surface area contributed by atoms with Gasteiger partial charge < -0.3 is 10.2 Å². The quantitative estimate of drug-likeness (QED) is 0.607.